The highest BCUT2D eigenvalue weighted by atomic mass is 79.9. The number of aryl methyl sites for hydroxylation is 1. The molecule has 0 aliphatic carbocycles. The number of nitrogens with zero attached hydrogens (tertiary/aromatic N) is 3. The maximum absolute atomic E-state index is 4.81. The molecular weight excluding hydrogens is 328 g/mol. The number of benzene rings is 1. The number of hydrogen-bond acceptors (Lipinski definition) is 3. The number of aromatic nitrogens is 3. The van der Waals surface area contributed by atoms with Crippen LogP contribution in [0.25, 0.3) is 10.9 Å². The van der Waals surface area contributed by atoms with Crippen molar-refractivity contribution in [1.29, 1.82) is 0 Å². The standard InChI is InChI=1S/C16H17BrN4/c1-3-21-10-12(9-19-21)15(18-2)16-13(17)8-11-6-4-5-7-14(11)20-16/h4-10,15,18H,3H2,1-2H3. The van der Waals surface area contributed by atoms with Crippen molar-refractivity contribution in [3.8, 4) is 0 Å². The molecule has 0 bridgehead atoms. The van der Waals surface area contributed by atoms with Crippen molar-refractivity contribution in [3.05, 3.63) is 58.5 Å². The van der Waals surface area contributed by atoms with Crippen molar-refractivity contribution in [1.82, 2.24) is 20.1 Å². The molecule has 21 heavy (non-hydrogen) atoms. The van der Waals surface area contributed by atoms with E-state index in [-0.39, 0.29) is 6.04 Å². The van der Waals surface area contributed by atoms with Gasteiger partial charge in [-0.3, -0.25) is 4.68 Å². The number of hydrogen-bond donors (Lipinski definition) is 1. The molecule has 0 saturated carbocycles. The van der Waals surface area contributed by atoms with Crippen LogP contribution in [0.2, 0.25) is 0 Å². The predicted molar refractivity (Wildman–Crippen MR) is 88.2 cm³/mol. The second kappa shape index (κ2) is 5.95. The van der Waals surface area contributed by atoms with Crippen LogP contribution in [0.1, 0.15) is 24.2 Å². The Kier molecular flexibility index (Phi) is 4.03. The molecule has 5 heteroatoms. The van der Waals surface area contributed by atoms with Gasteiger partial charge in [-0.1, -0.05) is 18.2 Å². The highest BCUT2D eigenvalue weighted by Gasteiger charge is 2.19. The molecule has 1 atom stereocenters. The second-order valence-corrected chi connectivity index (χ2v) is 5.75. The molecule has 0 saturated heterocycles. The summed E-state index contributed by atoms with van der Waals surface area (Å²) in [6, 6.07) is 10.3. The Morgan fingerprint density at radius 1 is 1.33 bits per heavy atom. The van der Waals surface area contributed by atoms with Gasteiger partial charge in [0, 0.05) is 28.2 Å². The quantitative estimate of drug-likeness (QED) is 0.787. The van der Waals surface area contributed by atoms with Gasteiger partial charge in [0.2, 0.25) is 0 Å². The lowest BCUT2D eigenvalue weighted by molar-refractivity contribution is 0.649. The fourth-order valence-corrected chi connectivity index (χ4v) is 3.03. The lowest BCUT2D eigenvalue weighted by Gasteiger charge is -2.16. The van der Waals surface area contributed by atoms with Crippen molar-refractivity contribution in [2.24, 2.45) is 0 Å². The number of rotatable bonds is 4. The smallest absolute Gasteiger partial charge is 0.0791 e. The van der Waals surface area contributed by atoms with Gasteiger partial charge in [0.15, 0.2) is 0 Å². The number of nitrogens with one attached hydrogen (secondary N) is 1. The van der Waals surface area contributed by atoms with Gasteiger partial charge in [0.1, 0.15) is 0 Å². The van der Waals surface area contributed by atoms with E-state index in [1.807, 2.05) is 36.1 Å². The molecule has 3 rings (SSSR count). The zero-order valence-corrected chi connectivity index (χ0v) is 13.6. The Hall–Kier alpha value is -1.72. The van der Waals surface area contributed by atoms with Crippen molar-refractivity contribution in [3.63, 3.8) is 0 Å². The van der Waals surface area contributed by atoms with E-state index in [2.05, 4.69) is 51.6 Å². The highest BCUT2D eigenvalue weighted by molar-refractivity contribution is 9.10. The van der Waals surface area contributed by atoms with E-state index in [1.165, 1.54) is 0 Å². The Morgan fingerprint density at radius 2 is 2.14 bits per heavy atom. The van der Waals surface area contributed by atoms with Gasteiger partial charge < -0.3 is 5.32 Å². The Morgan fingerprint density at radius 3 is 2.86 bits per heavy atom. The molecule has 2 heterocycles. The lowest BCUT2D eigenvalue weighted by atomic mass is 10.1. The zero-order chi connectivity index (χ0) is 14.8. The van der Waals surface area contributed by atoms with Crippen LogP contribution < -0.4 is 5.32 Å². The molecule has 1 aromatic carbocycles. The van der Waals surface area contributed by atoms with E-state index in [9.17, 15) is 0 Å². The molecule has 0 amide bonds. The van der Waals surface area contributed by atoms with Gasteiger partial charge in [-0.2, -0.15) is 5.10 Å². The Labute approximate surface area is 132 Å². The molecule has 3 aromatic rings. The SMILES string of the molecule is CCn1cc(C(NC)c2nc3ccccc3cc2Br)cn1. The molecule has 108 valence electrons. The predicted octanol–water partition coefficient (Wildman–Crippen LogP) is 3.52. The zero-order valence-electron chi connectivity index (χ0n) is 12.0. The molecule has 0 aliphatic heterocycles. The van der Waals surface area contributed by atoms with Gasteiger partial charge in [-0.15, -0.1) is 0 Å². The van der Waals surface area contributed by atoms with E-state index < -0.39 is 0 Å². The monoisotopic (exact) mass is 344 g/mol. The third kappa shape index (κ3) is 2.71. The van der Waals surface area contributed by atoms with Crippen LogP contribution in [0, 0.1) is 0 Å². The van der Waals surface area contributed by atoms with Crippen molar-refractivity contribution in [2.45, 2.75) is 19.5 Å². The molecule has 0 spiro atoms. The van der Waals surface area contributed by atoms with Crippen LogP contribution in [-0.4, -0.2) is 21.8 Å². The summed E-state index contributed by atoms with van der Waals surface area (Å²) in [4.78, 5) is 4.81. The van der Waals surface area contributed by atoms with Crippen LogP contribution in [0.4, 0.5) is 0 Å². The van der Waals surface area contributed by atoms with E-state index in [0.717, 1.165) is 33.2 Å². The Balaban J connectivity index is 2.09. The first-order chi connectivity index (χ1) is 10.2. The average Bonchev–Trinajstić information content (AvgIpc) is 2.97. The minimum absolute atomic E-state index is 0.0179. The van der Waals surface area contributed by atoms with Crippen LogP contribution in [-0.2, 0) is 6.54 Å². The summed E-state index contributed by atoms with van der Waals surface area (Å²) in [6.07, 6.45) is 3.96. The summed E-state index contributed by atoms with van der Waals surface area (Å²) in [6.45, 7) is 2.94. The van der Waals surface area contributed by atoms with Gasteiger partial charge in [0.05, 0.1) is 23.4 Å². The summed E-state index contributed by atoms with van der Waals surface area (Å²) in [5.41, 5.74) is 3.09. The summed E-state index contributed by atoms with van der Waals surface area (Å²) >= 11 is 3.65. The van der Waals surface area contributed by atoms with E-state index in [4.69, 9.17) is 4.98 Å². The summed E-state index contributed by atoms with van der Waals surface area (Å²) < 4.78 is 2.93. The number of pyridine rings is 1. The van der Waals surface area contributed by atoms with Crippen LogP contribution in [0.5, 0.6) is 0 Å². The minimum Gasteiger partial charge on any atom is -0.308 e. The fourth-order valence-electron chi connectivity index (χ4n) is 2.47. The molecule has 0 radical (unpaired) electrons. The first-order valence-corrected chi connectivity index (χ1v) is 7.77. The van der Waals surface area contributed by atoms with Crippen LogP contribution >= 0.6 is 15.9 Å². The Bertz CT molecular complexity index is 766. The van der Waals surface area contributed by atoms with Crippen molar-refractivity contribution >= 4 is 26.8 Å². The molecule has 1 unspecified atom stereocenters. The number of para-hydroxylation sites is 1. The second-order valence-electron chi connectivity index (χ2n) is 4.90. The normalized spacial score (nSPS) is 12.7. The molecular formula is C16H17BrN4. The van der Waals surface area contributed by atoms with Gasteiger partial charge >= 0.3 is 0 Å². The first-order valence-electron chi connectivity index (χ1n) is 6.97. The summed E-state index contributed by atoms with van der Waals surface area (Å²) in [7, 11) is 1.94. The van der Waals surface area contributed by atoms with Crippen LogP contribution in [0.15, 0.2) is 47.2 Å². The number of fused-ring (bicyclic) bond motifs is 1. The average molecular weight is 345 g/mol. The van der Waals surface area contributed by atoms with Crippen LogP contribution in [0.3, 0.4) is 0 Å². The first kappa shape index (κ1) is 14.2. The van der Waals surface area contributed by atoms with Gasteiger partial charge in [-0.25, -0.2) is 4.98 Å². The lowest BCUT2D eigenvalue weighted by Crippen LogP contribution is -2.19. The summed E-state index contributed by atoms with van der Waals surface area (Å²) in [5.74, 6) is 0. The minimum atomic E-state index is 0.0179. The van der Waals surface area contributed by atoms with Gasteiger partial charge in [-0.05, 0) is 42.0 Å². The van der Waals surface area contributed by atoms with E-state index >= 15 is 0 Å². The maximum Gasteiger partial charge on any atom is 0.0791 e. The maximum atomic E-state index is 4.81. The molecule has 0 fully saturated rings. The van der Waals surface area contributed by atoms with Crippen molar-refractivity contribution in [2.75, 3.05) is 7.05 Å². The largest absolute Gasteiger partial charge is 0.308 e. The molecule has 4 nitrogen and oxygen atoms in total. The fraction of sp³-hybridized carbons (Fsp3) is 0.250. The topological polar surface area (TPSA) is 42.7 Å². The van der Waals surface area contributed by atoms with E-state index in [1.54, 1.807) is 0 Å². The molecule has 2 aromatic heterocycles. The third-order valence-corrected chi connectivity index (χ3v) is 4.21. The molecule has 1 N–H and O–H groups in total. The number of halogens is 1. The van der Waals surface area contributed by atoms with Crippen molar-refractivity contribution < 1.29 is 0 Å². The molecule has 0 aliphatic rings. The summed E-state index contributed by atoms with van der Waals surface area (Å²) in [5, 5.41) is 8.82. The van der Waals surface area contributed by atoms with E-state index in [0.29, 0.717) is 0 Å². The third-order valence-electron chi connectivity index (χ3n) is 3.58. The highest BCUT2D eigenvalue weighted by Crippen LogP contribution is 2.29. The van der Waals surface area contributed by atoms with Gasteiger partial charge in [0.25, 0.3) is 0 Å².